The zero-order chi connectivity index (χ0) is 23.3. The normalized spacial score (nSPS) is 15.7. The molecule has 1 atom stereocenters. The Morgan fingerprint density at radius 2 is 2.18 bits per heavy atom. The van der Waals surface area contributed by atoms with Crippen molar-refractivity contribution in [2.45, 2.75) is 19.4 Å². The van der Waals surface area contributed by atoms with Crippen LogP contribution in [0.15, 0.2) is 35.8 Å². The fourth-order valence-electron chi connectivity index (χ4n) is 4.21. The first-order chi connectivity index (χ1) is 15.9. The standard InChI is InChI=1S/C23H19FN6O2S/c1-3-19(31)29-7-6-15(11-29)30-10-14(20-21(30)23(32)28-27-22(20)25)5-4-13-8-17-18(9-16(13)24)33-12(2)26-17/h3,8-10,15H,1,6-7,11H2,2H3,(H2,25,27)(H,28,32)/t15-/m0/s1. The molecule has 5 rings (SSSR count). The van der Waals surface area contributed by atoms with Gasteiger partial charge in [0.05, 0.1) is 37.8 Å². The van der Waals surface area contributed by atoms with Crippen LogP contribution in [0.4, 0.5) is 10.2 Å². The molecule has 0 spiro atoms. The van der Waals surface area contributed by atoms with E-state index in [4.69, 9.17) is 5.73 Å². The van der Waals surface area contributed by atoms with Crippen molar-refractivity contribution in [3.8, 4) is 11.8 Å². The molecule has 0 aliphatic carbocycles. The number of amides is 1. The summed E-state index contributed by atoms with van der Waals surface area (Å²) in [6.07, 6.45) is 3.66. The number of carbonyl (C=O) groups is 1. The highest BCUT2D eigenvalue weighted by molar-refractivity contribution is 7.18. The van der Waals surface area contributed by atoms with Crippen molar-refractivity contribution in [3.63, 3.8) is 0 Å². The third-order valence-electron chi connectivity index (χ3n) is 5.74. The van der Waals surface area contributed by atoms with Gasteiger partial charge in [-0.15, -0.1) is 11.3 Å². The highest BCUT2D eigenvalue weighted by atomic mass is 32.1. The van der Waals surface area contributed by atoms with Crippen molar-refractivity contribution >= 4 is 44.2 Å². The maximum Gasteiger partial charge on any atom is 0.288 e. The molecule has 4 heterocycles. The number of benzene rings is 1. The Morgan fingerprint density at radius 1 is 1.39 bits per heavy atom. The number of carbonyl (C=O) groups excluding carboxylic acids is 1. The lowest BCUT2D eigenvalue weighted by Gasteiger charge is -2.16. The molecule has 3 N–H and O–H groups in total. The van der Waals surface area contributed by atoms with Crippen LogP contribution in [0, 0.1) is 24.6 Å². The monoisotopic (exact) mass is 462 g/mol. The fraction of sp³-hybridized carbons (Fsp3) is 0.217. The molecule has 1 saturated heterocycles. The van der Waals surface area contributed by atoms with Crippen LogP contribution in [0.3, 0.4) is 0 Å². The zero-order valence-corrected chi connectivity index (χ0v) is 18.5. The number of aromatic amines is 1. The molecule has 33 heavy (non-hydrogen) atoms. The van der Waals surface area contributed by atoms with Gasteiger partial charge in [-0.2, -0.15) is 5.10 Å². The Kier molecular flexibility index (Phi) is 4.98. The van der Waals surface area contributed by atoms with E-state index in [1.807, 2.05) is 6.92 Å². The van der Waals surface area contributed by atoms with Gasteiger partial charge in [0, 0.05) is 19.3 Å². The van der Waals surface area contributed by atoms with Crippen molar-refractivity contribution in [1.29, 1.82) is 0 Å². The first kappa shape index (κ1) is 20.9. The van der Waals surface area contributed by atoms with E-state index in [0.29, 0.717) is 41.5 Å². The van der Waals surface area contributed by atoms with Gasteiger partial charge in [0.15, 0.2) is 5.82 Å². The third-order valence-corrected chi connectivity index (χ3v) is 6.67. The van der Waals surface area contributed by atoms with Crippen LogP contribution in [0.1, 0.15) is 28.6 Å². The van der Waals surface area contributed by atoms with Crippen LogP contribution in [0.2, 0.25) is 0 Å². The van der Waals surface area contributed by atoms with E-state index in [1.165, 1.54) is 23.5 Å². The number of hydrogen-bond acceptors (Lipinski definition) is 6. The zero-order valence-electron chi connectivity index (χ0n) is 17.7. The minimum absolute atomic E-state index is 0.121. The van der Waals surface area contributed by atoms with Crippen LogP contribution < -0.4 is 11.3 Å². The molecule has 0 radical (unpaired) electrons. The summed E-state index contributed by atoms with van der Waals surface area (Å²) in [7, 11) is 0. The molecule has 166 valence electrons. The molecule has 1 amide bonds. The van der Waals surface area contributed by atoms with Gasteiger partial charge in [0.2, 0.25) is 5.91 Å². The van der Waals surface area contributed by atoms with Crippen LogP contribution in [-0.4, -0.2) is 43.6 Å². The molecule has 4 aromatic rings. The van der Waals surface area contributed by atoms with Crippen molar-refractivity contribution in [1.82, 2.24) is 24.6 Å². The average Bonchev–Trinajstić information content (AvgIpc) is 3.50. The van der Waals surface area contributed by atoms with Gasteiger partial charge in [0.1, 0.15) is 11.3 Å². The molecule has 3 aromatic heterocycles. The number of nitrogens with two attached hydrogens (primary N) is 1. The summed E-state index contributed by atoms with van der Waals surface area (Å²) in [5.41, 5.74) is 7.35. The predicted octanol–water partition coefficient (Wildman–Crippen LogP) is 2.72. The smallest absolute Gasteiger partial charge is 0.288 e. The predicted molar refractivity (Wildman–Crippen MR) is 125 cm³/mol. The fourth-order valence-corrected chi connectivity index (χ4v) is 5.04. The topological polar surface area (TPSA) is 110 Å². The van der Waals surface area contributed by atoms with Gasteiger partial charge < -0.3 is 15.2 Å². The Balaban J connectivity index is 1.62. The lowest BCUT2D eigenvalue weighted by molar-refractivity contribution is -0.125. The van der Waals surface area contributed by atoms with E-state index in [-0.39, 0.29) is 23.3 Å². The second-order valence-electron chi connectivity index (χ2n) is 7.83. The van der Waals surface area contributed by atoms with E-state index in [1.54, 1.807) is 21.7 Å². The quantitative estimate of drug-likeness (QED) is 0.352. The van der Waals surface area contributed by atoms with Crippen LogP contribution in [0.25, 0.3) is 21.1 Å². The van der Waals surface area contributed by atoms with E-state index >= 15 is 0 Å². The Morgan fingerprint density at radius 3 is 2.97 bits per heavy atom. The van der Waals surface area contributed by atoms with Crippen molar-refractivity contribution in [2.75, 3.05) is 18.8 Å². The maximum atomic E-state index is 14.6. The minimum Gasteiger partial charge on any atom is -0.382 e. The summed E-state index contributed by atoms with van der Waals surface area (Å²) in [5.74, 6) is 5.35. The highest BCUT2D eigenvalue weighted by Crippen LogP contribution is 2.30. The minimum atomic E-state index is -0.444. The second kappa shape index (κ2) is 7.86. The molecule has 1 aromatic carbocycles. The second-order valence-corrected chi connectivity index (χ2v) is 9.06. The highest BCUT2D eigenvalue weighted by Gasteiger charge is 2.29. The number of fused-ring (bicyclic) bond motifs is 2. The van der Waals surface area contributed by atoms with Gasteiger partial charge in [-0.05, 0) is 31.6 Å². The van der Waals surface area contributed by atoms with Gasteiger partial charge in [-0.1, -0.05) is 18.4 Å². The lowest BCUT2D eigenvalue weighted by atomic mass is 10.1. The van der Waals surface area contributed by atoms with E-state index in [2.05, 4.69) is 33.6 Å². The van der Waals surface area contributed by atoms with E-state index in [0.717, 1.165) is 9.71 Å². The number of rotatable bonds is 2. The van der Waals surface area contributed by atoms with Crippen molar-refractivity contribution in [3.05, 3.63) is 63.3 Å². The first-order valence-corrected chi connectivity index (χ1v) is 11.1. The first-order valence-electron chi connectivity index (χ1n) is 10.2. The molecule has 0 saturated carbocycles. The number of nitrogen functional groups attached to an aromatic ring is 1. The molecule has 0 bridgehead atoms. The molecule has 1 aliphatic rings. The molecule has 8 nitrogen and oxygen atoms in total. The number of nitrogens with one attached hydrogen (secondary N) is 1. The lowest BCUT2D eigenvalue weighted by Crippen LogP contribution is -2.27. The van der Waals surface area contributed by atoms with E-state index in [9.17, 15) is 14.0 Å². The third kappa shape index (κ3) is 3.56. The number of halogens is 1. The van der Waals surface area contributed by atoms with Crippen molar-refractivity contribution in [2.24, 2.45) is 0 Å². The summed E-state index contributed by atoms with van der Waals surface area (Å²) < 4.78 is 17.2. The van der Waals surface area contributed by atoms with Crippen molar-refractivity contribution < 1.29 is 9.18 Å². The van der Waals surface area contributed by atoms with Gasteiger partial charge in [0.25, 0.3) is 5.56 Å². The van der Waals surface area contributed by atoms with Gasteiger partial charge >= 0.3 is 0 Å². The molecule has 1 fully saturated rings. The number of hydrogen-bond donors (Lipinski definition) is 2. The SMILES string of the molecule is C=CC(=O)N1CC[C@H](n2cc(C#Cc3cc4nc(C)sc4cc3F)c3c(N)n[nH]c(=O)c32)C1. The van der Waals surface area contributed by atoms with Crippen LogP contribution in [0.5, 0.6) is 0 Å². The molecular formula is C23H19FN6O2S. The molecule has 10 heteroatoms. The number of nitrogens with zero attached hydrogens (tertiary/aromatic N) is 4. The Labute approximate surface area is 191 Å². The number of likely N-dealkylation sites (tertiary alicyclic amines) is 1. The number of aromatic nitrogens is 4. The summed E-state index contributed by atoms with van der Waals surface area (Å²) in [6.45, 7) is 6.37. The molecule has 1 aliphatic heterocycles. The summed E-state index contributed by atoms with van der Waals surface area (Å²) in [6, 6.07) is 2.91. The van der Waals surface area contributed by atoms with E-state index < -0.39 is 11.4 Å². The number of anilines is 1. The molecular weight excluding hydrogens is 443 g/mol. The Hall–Kier alpha value is -3.97. The number of thiazole rings is 1. The largest absolute Gasteiger partial charge is 0.382 e. The molecule has 0 unspecified atom stereocenters. The maximum absolute atomic E-state index is 14.6. The summed E-state index contributed by atoms with van der Waals surface area (Å²) in [4.78, 5) is 30.7. The summed E-state index contributed by atoms with van der Waals surface area (Å²) >= 11 is 1.42. The van der Waals surface area contributed by atoms with Crippen LogP contribution in [-0.2, 0) is 4.79 Å². The number of aryl methyl sites for hydroxylation is 1. The van der Waals surface area contributed by atoms with Gasteiger partial charge in [-0.3, -0.25) is 9.59 Å². The van der Waals surface area contributed by atoms with Crippen LogP contribution >= 0.6 is 11.3 Å². The number of H-pyrrole nitrogens is 1. The van der Waals surface area contributed by atoms with Gasteiger partial charge in [-0.25, -0.2) is 14.5 Å². The summed E-state index contributed by atoms with van der Waals surface area (Å²) in [5, 5.41) is 7.54. The Bertz CT molecular complexity index is 1570. The average molecular weight is 463 g/mol.